The third kappa shape index (κ3) is 5.16. The lowest BCUT2D eigenvalue weighted by Crippen LogP contribution is -2.52. The highest BCUT2D eigenvalue weighted by atomic mass is 16.2. The summed E-state index contributed by atoms with van der Waals surface area (Å²) in [7, 11) is 3.67. The molecular weight excluding hydrogens is 306 g/mol. The molecule has 0 aliphatic carbocycles. The van der Waals surface area contributed by atoms with E-state index in [1.54, 1.807) is 7.05 Å². The minimum Gasteiger partial charge on any atom is -0.359 e. The van der Waals surface area contributed by atoms with Crippen LogP contribution < -0.4 is 5.32 Å². The van der Waals surface area contributed by atoms with Crippen molar-refractivity contribution in [3.05, 3.63) is 0 Å². The van der Waals surface area contributed by atoms with E-state index in [0.717, 1.165) is 32.7 Å². The fraction of sp³-hybridized carbons (Fsp3) is 0.882. The molecule has 2 aliphatic rings. The van der Waals surface area contributed by atoms with Gasteiger partial charge in [0.1, 0.15) is 0 Å². The highest BCUT2D eigenvalue weighted by Gasteiger charge is 2.29. The molecule has 2 saturated heterocycles. The zero-order chi connectivity index (χ0) is 17.7. The summed E-state index contributed by atoms with van der Waals surface area (Å²) in [5.74, 6) is 0.0218. The van der Waals surface area contributed by atoms with Crippen molar-refractivity contribution in [2.45, 2.75) is 19.9 Å². The van der Waals surface area contributed by atoms with Gasteiger partial charge in [0.2, 0.25) is 11.8 Å². The molecule has 0 unspecified atom stereocenters. The van der Waals surface area contributed by atoms with Crippen LogP contribution in [0.2, 0.25) is 0 Å². The van der Waals surface area contributed by atoms with E-state index in [1.165, 1.54) is 0 Å². The fourth-order valence-electron chi connectivity index (χ4n) is 3.50. The second kappa shape index (κ2) is 8.78. The zero-order valence-corrected chi connectivity index (χ0v) is 15.6. The highest BCUT2D eigenvalue weighted by molar-refractivity contribution is 5.81. The van der Waals surface area contributed by atoms with Crippen LogP contribution in [0.3, 0.4) is 0 Å². The van der Waals surface area contributed by atoms with E-state index in [0.29, 0.717) is 32.2 Å². The SMILES string of the molecule is CNC(=O)[C@@H]1CN(C)CCN(C(=O)CN2CCN(C(C)C)CC2)C1. The van der Waals surface area contributed by atoms with Gasteiger partial charge in [0, 0.05) is 65.4 Å². The summed E-state index contributed by atoms with van der Waals surface area (Å²) in [6.45, 7) is 11.6. The number of nitrogens with one attached hydrogen (secondary N) is 1. The van der Waals surface area contributed by atoms with Gasteiger partial charge in [0.05, 0.1) is 12.5 Å². The molecule has 2 rings (SSSR count). The quantitative estimate of drug-likeness (QED) is 0.723. The number of carbonyl (C=O) groups is 2. The van der Waals surface area contributed by atoms with E-state index < -0.39 is 0 Å². The van der Waals surface area contributed by atoms with Crippen LogP contribution in [-0.4, -0.2) is 110 Å². The molecule has 2 fully saturated rings. The van der Waals surface area contributed by atoms with Gasteiger partial charge < -0.3 is 15.1 Å². The lowest BCUT2D eigenvalue weighted by atomic mass is 10.1. The van der Waals surface area contributed by atoms with Crippen molar-refractivity contribution in [2.24, 2.45) is 5.92 Å². The molecule has 0 aromatic carbocycles. The number of carbonyl (C=O) groups excluding carboxylic acids is 2. The molecule has 0 saturated carbocycles. The number of amides is 2. The molecule has 0 aromatic rings. The Morgan fingerprint density at radius 1 is 1.04 bits per heavy atom. The second-order valence-corrected chi connectivity index (χ2v) is 7.32. The summed E-state index contributed by atoms with van der Waals surface area (Å²) in [4.78, 5) is 33.4. The Morgan fingerprint density at radius 2 is 1.71 bits per heavy atom. The molecule has 0 spiro atoms. The third-order valence-corrected chi connectivity index (χ3v) is 5.19. The van der Waals surface area contributed by atoms with Gasteiger partial charge in [0.15, 0.2) is 0 Å². The van der Waals surface area contributed by atoms with Crippen molar-refractivity contribution in [1.82, 2.24) is 24.9 Å². The number of hydrogen-bond donors (Lipinski definition) is 1. The van der Waals surface area contributed by atoms with Gasteiger partial charge in [-0.25, -0.2) is 0 Å². The van der Waals surface area contributed by atoms with E-state index in [9.17, 15) is 9.59 Å². The van der Waals surface area contributed by atoms with Crippen molar-refractivity contribution < 1.29 is 9.59 Å². The van der Waals surface area contributed by atoms with E-state index in [1.807, 2.05) is 11.9 Å². The molecule has 1 N–H and O–H groups in total. The molecule has 7 heteroatoms. The lowest BCUT2D eigenvalue weighted by Gasteiger charge is -2.37. The topological polar surface area (TPSA) is 59.1 Å². The van der Waals surface area contributed by atoms with Gasteiger partial charge in [-0.2, -0.15) is 0 Å². The van der Waals surface area contributed by atoms with Gasteiger partial charge in [0.25, 0.3) is 0 Å². The molecule has 2 aliphatic heterocycles. The first kappa shape index (κ1) is 19.1. The third-order valence-electron chi connectivity index (χ3n) is 5.19. The Kier molecular flexibility index (Phi) is 7.01. The summed E-state index contributed by atoms with van der Waals surface area (Å²) >= 11 is 0. The highest BCUT2D eigenvalue weighted by Crippen LogP contribution is 2.11. The second-order valence-electron chi connectivity index (χ2n) is 7.32. The number of hydrogen-bond acceptors (Lipinski definition) is 5. The molecular formula is C17H33N5O2. The van der Waals surface area contributed by atoms with Crippen molar-refractivity contribution in [3.8, 4) is 0 Å². The van der Waals surface area contributed by atoms with Gasteiger partial charge in [-0.15, -0.1) is 0 Å². The maximum atomic E-state index is 12.7. The fourth-order valence-corrected chi connectivity index (χ4v) is 3.50. The molecule has 2 amide bonds. The minimum atomic E-state index is -0.149. The molecule has 1 atom stereocenters. The lowest BCUT2D eigenvalue weighted by molar-refractivity contribution is -0.134. The van der Waals surface area contributed by atoms with E-state index in [4.69, 9.17) is 0 Å². The standard InChI is InChI=1S/C17H33N5O2/c1-14(2)21-9-6-20(7-10-21)13-16(23)22-8-5-19(4)11-15(12-22)17(24)18-3/h14-15H,5-13H2,1-4H3,(H,18,24)/t15-/m1/s1. The van der Waals surface area contributed by atoms with Crippen LogP contribution in [0.25, 0.3) is 0 Å². The summed E-state index contributed by atoms with van der Waals surface area (Å²) < 4.78 is 0. The van der Waals surface area contributed by atoms with Crippen molar-refractivity contribution in [3.63, 3.8) is 0 Å². The molecule has 2 heterocycles. The van der Waals surface area contributed by atoms with Crippen LogP contribution in [0.1, 0.15) is 13.8 Å². The molecule has 0 bridgehead atoms. The monoisotopic (exact) mass is 339 g/mol. The number of piperazine rings is 1. The smallest absolute Gasteiger partial charge is 0.236 e. The molecule has 0 radical (unpaired) electrons. The first-order chi connectivity index (χ1) is 11.4. The largest absolute Gasteiger partial charge is 0.359 e. The van der Waals surface area contributed by atoms with Gasteiger partial charge in [-0.1, -0.05) is 0 Å². The minimum absolute atomic E-state index is 0.0205. The Balaban J connectivity index is 1.88. The number of rotatable bonds is 4. The summed E-state index contributed by atoms with van der Waals surface area (Å²) in [6.07, 6.45) is 0. The van der Waals surface area contributed by atoms with Crippen LogP contribution in [0.4, 0.5) is 0 Å². The first-order valence-corrected chi connectivity index (χ1v) is 9.05. The van der Waals surface area contributed by atoms with Crippen LogP contribution in [0.5, 0.6) is 0 Å². The molecule has 138 valence electrons. The number of likely N-dealkylation sites (N-methyl/N-ethyl adjacent to an activating group) is 1. The van der Waals surface area contributed by atoms with Crippen LogP contribution in [-0.2, 0) is 9.59 Å². The van der Waals surface area contributed by atoms with Crippen LogP contribution >= 0.6 is 0 Å². The van der Waals surface area contributed by atoms with Crippen LogP contribution in [0, 0.1) is 5.92 Å². The van der Waals surface area contributed by atoms with Gasteiger partial charge in [-0.05, 0) is 20.9 Å². The summed E-state index contributed by atoms with van der Waals surface area (Å²) in [6, 6.07) is 0.567. The molecule has 24 heavy (non-hydrogen) atoms. The van der Waals surface area contributed by atoms with E-state index in [-0.39, 0.29) is 17.7 Å². The van der Waals surface area contributed by atoms with Crippen LogP contribution in [0.15, 0.2) is 0 Å². The maximum Gasteiger partial charge on any atom is 0.236 e. The maximum absolute atomic E-state index is 12.7. The first-order valence-electron chi connectivity index (χ1n) is 9.05. The Hall–Kier alpha value is -1.18. The Labute approximate surface area is 145 Å². The number of nitrogens with zero attached hydrogens (tertiary/aromatic N) is 4. The predicted octanol–water partition coefficient (Wildman–Crippen LogP) is -0.851. The Bertz CT molecular complexity index is 435. The average molecular weight is 339 g/mol. The van der Waals surface area contributed by atoms with E-state index in [2.05, 4.69) is 33.9 Å². The van der Waals surface area contributed by atoms with Crippen molar-refractivity contribution >= 4 is 11.8 Å². The van der Waals surface area contributed by atoms with Gasteiger partial charge >= 0.3 is 0 Å². The molecule has 7 nitrogen and oxygen atoms in total. The summed E-state index contributed by atoms with van der Waals surface area (Å²) in [5.41, 5.74) is 0. The average Bonchev–Trinajstić information content (AvgIpc) is 2.76. The molecule has 0 aromatic heterocycles. The normalized spacial score (nSPS) is 24.9. The van der Waals surface area contributed by atoms with E-state index >= 15 is 0 Å². The van der Waals surface area contributed by atoms with Crippen molar-refractivity contribution in [2.75, 3.05) is 73.0 Å². The zero-order valence-electron chi connectivity index (χ0n) is 15.6. The summed E-state index contributed by atoms with van der Waals surface area (Å²) in [5, 5.41) is 2.72. The van der Waals surface area contributed by atoms with Crippen molar-refractivity contribution in [1.29, 1.82) is 0 Å². The predicted molar refractivity (Wildman–Crippen MR) is 94.8 cm³/mol. The Morgan fingerprint density at radius 3 is 2.29 bits per heavy atom. The van der Waals surface area contributed by atoms with Gasteiger partial charge in [-0.3, -0.25) is 19.4 Å².